The minimum Gasteiger partial charge on any atom is -0.489 e. The molecule has 1 aromatic carbocycles. The molecule has 1 saturated heterocycles. The van der Waals surface area contributed by atoms with Gasteiger partial charge in [-0.1, -0.05) is 30.9 Å². The second-order valence-corrected chi connectivity index (χ2v) is 6.17. The van der Waals surface area contributed by atoms with E-state index in [9.17, 15) is 4.79 Å². The molecule has 1 aliphatic heterocycles. The van der Waals surface area contributed by atoms with Gasteiger partial charge in [0.1, 0.15) is 12.4 Å². The molecule has 0 radical (unpaired) electrons. The predicted octanol–water partition coefficient (Wildman–Crippen LogP) is 2.32. The van der Waals surface area contributed by atoms with Gasteiger partial charge in [-0.2, -0.15) is 0 Å². The van der Waals surface area contributed by atoms with Gasteiger partial charge in [-0.3, -0.25) is 4.79 Å². The minimum atomic E-state index is 0.217. The summed E-state index contributed by atoms with van der Waals surface area (Å²) in [5.74, 6) is 1.74. The van der Waals surface area contributed by atoms with Gasteiger partial charge in [-0.05, 0) is 25.8 Å². The number of amides is 1. The van der Waals surface area contributed by atoms with Gasteiger partial charge < -0.3 is 20.3 Å². The summed E-state index contributed by atoms with van der Waals surface area (Å²) in [7, 11) is 0. The first-order valence-electron chi connectivity index (χ1n) is 9.36. The lowest BCUT2D eigenvalue weighted by molar-refractivity contribution is -0.129. The number of nitrogens with one attached hydrogen (secondary N) is 2. The van der Waals surface area contributed by atoms with Crippen molar-refractivity contribution >= 4 is 11.9 Å². The molecular weight excluding hydrogens is 328 g/mol. The van der Waals surface area contributed by atoms with E-state index < -0.39 is 0 Å². The third-order valence-electron chi connectivity index (χ3n) is 4.17. The highest BCUT2D eigenvalue weighted by Gasteiger charge is 2.17. The van der Waals surface area contributed by atoms with Crippen LogP contribution in [0.25, 0.3) is 0 Å². The fourth-order valence-corrected chi connectivity index (χ4v) is 2.84. The average Bonchev–Trinajstić information content (AvgIpc) is 3.20. The molecule has 6 nitrogen and oxygen atoms in total. The van der Waals surface area contributed by atoms with Crippen LogP contribution in [0.4, 0.5) is 0 Å². The van der Waals surface area contributed by atoms with E-state index in [-0.39, 0.29) is 5.91 Å². The molecule has 2 N–H and O–H groups in total. The topological polar surface area (TPSA) is 66.0 Å². The summed E-state index contributed by atoms with van der Waals surface area (Å²) in [5, 5.41) is 6.46. The van der Waals surface area contributed by atoms with E-state index >= 15 is 0 Å². The van der Waals surface area contributed by atoms with Crippen molar-refractivity contribution in [1.29, 1.82) is 0 Å². The van der Waals surface area contributed by atoms with Crippen LogP contribution in [-0.4, -0.2) is 49.6 Å². The van der Waals surface area contributed by atoms with Crippen LogP contribution in [0, 0.1) is 0 Å². The van der Waals surface area contributed by atoms with E-state index in [4.69, 9.17) is 4.74 Å². The Hall–Kier alpha value is -2.50. The summed E-state index contributed by atoms with van der Waals surface area (Å²) >= 11 is 0. The van der Waals surface area contributed by atoms with Crippen molar-refractivity contribution in [3.05, 3.63) is 42.5 Å². The molecular formula is C20H30N4O2. The number of hydrogen-bond donors (Lipinski definition) is 2. The molecule has 0 bridgehead atoms. The zero-order valence-corrected chi connectivity index (χ0v) is 15.7. The van der Waals surface area contributed by atoms with Crippen molar-refractivity contribution in [2.24, 2.45) is 4.99 Å². The van der Waals surface area contributed by atoms with Gasteiger partial charge in [-0.15, -0.1) is 0 Å². The molecule has 0 atom stereocenters. The Kier molecular flexibility index (Phi) is 8.52. The lowest BCUT2D eigenvalue weighted by Gasteiger charge is -2.16. The second kappa shape index (κ2) is 11.2. The average molecular weight is 358 g/mol. The van der Waals surface area contributed by atoms with Crippen LogP contribution in [0.1, 0.15) is 31.7 Å². The Morgan fingerprint density at radius 1 is 1.31 bits per heavy atom. The molecule has 6 heteroatoms. The minimum absolute atomic E-state index is 0.217. The number of ether oxygens (including phenoxy) is 1. The summed E-state index contributed by atoms with van der Waals surface area (Å²) in [4.78, 5) is 18.7. The number of hydrogen-bond acceptors (Lipinski definition) is 3. The van der Waals surface area contributed by atoms with Crippen molar-refractivity contribution in [2.45, 2.75) is 32.7 Å². The van der Waals surface area contributed by atoms with Crippen molar-refractivity contribution in [3.63, 3.8) is 0 Å². The number of carbonyl (C=O) groups excluding carboxylic acids is 1. The summed E-state index contributed by atoms with van der Waals surface area (Å²) < 4.78 is 5.67. The van der Waals surface area contributed by atoms with Gasteiger partial charge in [0.25, 0.3) is 0 Å². The van der Waals surface area contributed by atoms with Gasteiger partial charge in [0.15, 0.2) is 5.96 Å². The Bertz CT molecular complexity index is 610. The lowest BCUT2D eigenvalue weighted by Crippen LogP contribution is -2.39. The fourth-order valence-electron chi connectivity index (χ4n) is 2.84. The molecule has 1 aromatic rings. The number of likely N-dealkylation sites (tertiary alicyclic amines) is 1. The SMILES string of the molecule is C=CCOc1ccccc1CN=C(NCC)NCCC(=O)N1CCCC1. The number of nitrogens with zero attached hydrogens (tertiary/aromatic N) is 2. The molecule has 2 rings (SSSR count). The van der Waals surface area contributed by atoms with Crippen molar-refractivity contribution in [3.8, 4) is 5.75 Å². The molecule has 1 heterocycles. The number of aliphatic imine (C=N–C) groups is 1. The first kappa shape index (κ1) is 19.8. The van der Waals surface area contributed by atoms with Gasteiger partial charge >= 0.3 is 0 Å². The molecule has 1 fully saturated rings. The molecule has 1 aliphatic rings. The molecule has 142 valence electrons. The molecule has 1 amide bonds. The van der Waals surface area contributed by atoms with E-state index in [0.29, 0.717) is 32.1 Å². The van der Waals surface area contributed by atoms with Crippen LogP contribution >= 0.6 is 0 Å². The van der Waals surface area contributed by atoms with E-state index in [1.807, 2.05) is 36.1 Å². The van der Waals surface area contributed by atoms with E-state index in [1.165, 1.54) is 0 Å². The van der Waals surface area contributed by atoms with Crippen LogP contribution in [0.2, 0.25) is 0 Å². The molecule has 26 heavy (non-hydrogen) atoms. The predicted molar refractivity (Wildman–Crippen MR) is 105 cm³/mol. The number of para-hydroxylation sites is 1. The number of guanidine groups is 1. The molecule has 0 saturated carbocycles. The van der Waals surface area contributed by atoms with Gasteiger partial charge in [0.2, 0.25) is 5.91 Å². The standard InChI is InChI=1S/C20H30N4O2/c1-3-15-26-18-10-6-5-9-17(18)16-23-20(21-4-2)22-12-11-19(25)24-13-7-8-14-24/h3,5-6,9-10H,1,4,7-8,11-16H2,2H3,(H2,21,22,23). The normalized spacial score (nSPS) is 14.2. The fraction of sp³-hybridized carbons (Fsp3) is 0.500. The number of rotatable bonds is 9. The lowest BCUT2D eigenvalue weighted by atomic mass is 10.2. The summed E-state index contributed by atoms with van der Waals surface area (Å²) in [6.07, 6.45) is 4.46. The van der Waals surface area contributed by atoms with E-state index in [1.54, 1.807) is 6.08 Å². The number of benzene rings is 1. The quantitative estimate of drug-likeness (QED) is 0.404. The van der Waals surface area contributed by atoms with Crippen LogP contribution in [0.5, 0.6) is 5.75 Å². The highest BCUT2D eigenvalue weighted by atomic mass is 16.5. The monoisotopic (exact) mass is 358 g/mol. The second-order valence-electron chi connectivity index (χ2n) is 6.17. The van der Waals surface area contributed by atoms with E-state index in [0.717, 1.165) is 43.8 Å². The highest BCUT2D eigenvalue weighted by Crippen LogP contribution is 2.18. The molecule has 0 spiro atoms. The first-order chi connectivity index (χ1) is 12.7. The third kappa shape index (κ3) is 6.43. The van der Waals surface area contributed by atoms with Crippen molar-refractivity contribution < 1.29 is 9.53 Å². The Labute approximate surface area is 156 Å². The molecule has 0 unspecified atom stereocenters. The zero-order chi connectivity index (χ0) is 18.6. The summed E-state index contributed by atoms with van der Waals surface area (Å²) in [6, 6.07) is 7.85. The Morgan fingerprint density at radius 2 is 2.08 bits per heavy atom. The first-order valence-corrected chi connectivity index (χ1v) is 9.36. The van der Waals surface area contributed by atoms with Crippen LogP contribution in [0.3, 0.4) is 0 Å². The maximum atomic E-state index is 12.1. The smallest absolute Gasteiger partial charge is 0.224 e. The van der Waals surface area contributed by atoms with Gasteiger partial charge in [0, 0.05) is 38.2 Å². The van der Waals surface area contributed by atoms with Gasteiger partial charge in [0.05, 0.1) is 6.54 Å². The van der Waals surface area contributed by atoms with Gasteiger partial charge in [-0.25, -0.2) is 4.99 Å². The van der Waals surface area contributed by atoms with Crippen molar-refractivity contribution in [1.82, 2.24) is 15.5 Å². The van der Waals surface area contributed by atoms with Crippen LogP contribution < -0.4 is 15.4 Å². The maximum absolute atomic E-state index is 12.1. The highest BCUT2D eigenvalue weighted by molar-refractivity contribution is 5.81. The summed E-state index contributed by atoms with van der Waals surface area (Å²) in [5.41, 5.74) is 1.01. The summed E-state index contributed by atoms with van der Waals surface area (Å²) in [6.45, 7) is 9.81. The molecule has 0 aliphatic carbocycles. The maximum Gasteiger partial charge on any atom is 0.224 e. The Balaban J connectivity index is 1.87. The van der Waals surface area contributed by atoms with Crippen LogP contribution in [-0.2, 0) is 11.3 Å². The molecule has 0 aromatic heterocycles. The van der Waals surface area contributed by atoms with Crippen molar-refractivity contribution in [2.75, 3.05) is 32.8 Å². The Morgan fingerprint density at radius 3 is 2.81 bits per heavy atom. The number of carbonyl (C=O) groups is 1. The van der Waals surface area contributed by atoms with Crippen LogP contribution in [0.15, 0.2) is 41.9 Å². The zero-order valence-electron chi connectivity index (χ0n) is 15.7. The largest absolute Gasteiger partial charge is 0.489 e. The third-order valence-corrected chi connectivity index (χ3v) is 4.17. The van der Waals surface area contributed by atoms with E-state index in [2.05, 4.69) is 22.2 Å².